The minimum Gasteiger partial charge on any atom is -0.483 e. The van der Waals surface area contributed by atoms with Crippen molar-refractivity contribution in [2.75, 3.05) is 21.7 Å². The number of aromatic nitrogens is 4. The molecule has 17 heteroatoms. The number of tetrazole rings is 1. The first-order chi connectivity index (χ1) is 20.3. The number of ether oxygens (including phenoxy) is 1. The van der Waals surface area contributed by atoms with Gasteiger partial charge in [0.15, 0.2) is 6.61 Å². The van der Waals surface area contributed by atoms with Crippen molar-refractivity contribution < 1.29 is 41.4 Å². The van der Waals surface area contributed by atoms with E-state index in [1.54, 1.807) is 38.1 Å². The normalized spacial score (nSPS) is 11.6. The summed E-state index contributed by atoms with van der Waals surface area (Å²) in [6, 6.07) is 14.9. The van der Waals surface area contributed by atoms with Crippen molar-refractivity contribution in [3.8, 4) is 5.75 Å². The quantitative estimate of drug-likeness (QED) is 0.193. The van der Waals surface area contributed by atoms with Crippen LogP contribution < -0.4 is 13.3 Å². The number of aryl methyl sites for hydroxylation is 2. The lowest BCUT2D eigenvalue weighted by molar-refractivity contribution is -0.136. The molecule has 4 rings (SSSR count). The van der Waals surface area contributed by atoms with Gasteiger partial charge in [-0.25, -0.2) is 16.8 Å². The highest BCUT2D eigenvalue weighted by molar-refractivity contribution is 7.93. The van der Waals surface area contributed by atoms with E-state index in [-0.39, 0.29) is 39.3 Å². The van der Waals surface area contributed by atoms with Crippen LogP contribution in [-0.2, 0) is 36.2 Å². The van der Waals surface area contributed by atoms with Crippen LogP contribution in [0.15, 0.2) is 76.5 Å². The van der Waals surface area contributed by atoms with Crippen molar-refractivity contribution in [2.45, 2.75) is 30.2 Å². The van der Waals surface area contributed by atoms with Gasteiger partial charge in [-0.05, 0) is 50.2 Å². The number of carbonyl (C=O) groups is 2. The van der Waals surface area contributed by atoms with Crippen molar-refractivity contribution in [3.05, 3.63) is 83.7 Å². The molecule has 3 N–H and O–H groups in total. The molecule has 0 spiro atoms. The highest BCUT2D eigenvalue weighted by atomic mass is 32.2. The molecule has 43 heavy (non-hydrogen) atoms. The van der Waals surface area contributed by atoms with E-state index in [1.165, 1.54) is 24.3 Å². The van der Waals surface area contributed by atoms with Gasteiger partial charge < -0.3 is 14.9 Å². The maximum Gasteiger partial charge on any atom is 0.324 e. The summed E-state index contributed by atoms with van der Waals surface area (Å²) in [7, 11) is -8.93. The molecule has 0 aliphatic carbocycles. The summed E-state index contributed by atoms with van der Waals surface area (Å²) in [5.74, 6) is -3.22. The number of anilines is 2. The van der Waals surface area contributed by atoms with Gasteiger partial charge in [0, 0.05) is 6.07 Å². The van der Waals surface area contributed by atoms with Gasteiger partial charge in [0.2, 0.25) is 5.82 Å². The van der Waals surface area contributed by atoms with E-state index in [4.69, 9.17) is 4.74 Å². The van der Waals surface area contributed by atoms with Crippen LogP contribution in [0.4, 0.5) is 11.4 Å². The van der Waals surface area contributed by atoms with Crippen molar-refractivity contribution in [2.24, 2.45) is 0 Å². The lowest BCUT2D eigenvalue weighted by Crippen LogP contribution is -2.37. The number of aliphatic carboxylic acids is 2. The number of carboxylic acid groups (broad SMARTS) is 2. The van der Waals surface area contributed by atoms with Crippen LogP contribution in [0, 0.1) is 13.8 Å². The summed E-state index contributed by atoms with van der Waals surface area (Å²) >= 11 is 0. The van der Waals surface area contributed by atoms with Crippen LogP contribution in [0.1, 0.15) is 17.0 Å². The number of H-pyrrole nitrogens is 1. The second-order valence-electron chi connectivity index (χ2n) is 9.21. The maximum atomic E-state index is 13.7. The zero-order chi connectivity index (χ0) is 31.4. The molecule has 0 fully saturated rings. The molecule has 0 atom stereocenters. The number of nitrogens with one attached hydrogen (secondary N) is 1. The Bertz CT molecular complexity index is 1830. The van der Waals surface area contributed by atoms with Gasteiger partial charge >= 0.3 is 11.9 Å². The van der Waals surface area contributed by atoms with Crippen molar-refractivity contribution >= 4 is 43.4 Å². The summed E-state index contributed by atoms with van der Waals surface area (Å²) in [6.45, 7) is 1.11. The van der Waals surface area contributed by atoms with Gasteiger partial charge in [-0.3, -0.25) is 18.2 Å². The summed E-state index contributed by atoms with van der Waals surface area (Å²) in [6.07, 6.45) is 0. The smallest absolute Gasteiger partial charge is 0.324 e. The number of aromatic amines is 1. The predicted molar refractivity (Wildman–Crippen MR) is 152 cm³/mol. The first-order valence-electron chi connectivity index (χ1n) is 12.4. The third-order valence-electron chi connectivity index (χ3n) is 6.02. The molecule has 0 unspecified atom stereocenters. The van der Waals surface area contributed by atoms with Crippen LogP contribution >= 0.6 is 0 Å². The summed E-state index contributed by atoms with van der Waals surface area (Å²) in [5, 5.41) is 32.4. The third kappa shape index (κ3) is 7.07. The number of hydrogen-bond donors (Lipinski definition) is 3. The van der Waals surface area contributed by atoms with E-state index in [2.05, 4.69) is 20.6 Å². The minimum atomic E-state index is -4.49. The van der Waals surface area contributed by atoms with Gasteiger partial charge in [0.05, 0.1) is 21.2 Å². The molecule has 0 saturated carbocycles. The minimum absolute atomic E-state index is 0.0391. The summed E-state index contributed by atoms with van der Waals surface area (Å²) in [4.78, 5) is 23.2. The van der Waals surface area contributed by atoms with E-state index < -0.39 is 45.1 Å². The molecule has 0 aliphatic heterocycles. The van der Waals surface area contributed by atoms with Gasteiger partial charge in [-0.2, -0.15) is 5.21 Å². The fourth-order valence-corrected chi connectivity index (χ4v) is 6.73. The molecule has 0 radical (unpaired) electrons. The van der Waals surface area contributed by atoms with Crippen LogP contribution in [0.5, 0.6) is 5.75 Å². The number of rotatable bonds is 13. The third-order valence-corrected chi connectivity index (χ3v) is 9.58. The molecular formula is C26H26N6O9S2. The van der Waals surface area contributed by atoms with Gasteiger partial charge in [0.1, 0.15) is 18.8 Å². The topological polar surface area (TPSA) is 213 Å². The SMILES string of the molecule is Cc1ccc(S(=O)(=O)N(CC(=O)O)c2ccc(N(CC(=O)O)S(=O)(=O)c3ccc(C)cc3)c(OCc3nn[nH]n3)c2)cc1. The number of nitrogens with zero attached hydrogens (tertiary/aromatic N) is 5. The van der Waals surface area contributed by atoms with Crippen LogP contribution in [-0.4, -0.2) is 72.7 Å². The van der Waals surface area contributed by atoms with E-state index in [1.807, 2.05) is 0 Å². The Kier molecular flexibility index (Phi) is 8.96. The van der Waals surface area contributed by atoms with E-state index in [9.17, 15) is 36.6 Å². The van der Waals surface area contributed by atoms with Crippen molar-refractivity contribution in [3.63, 3.8) is 0 Å². The van der Waals surface area contributed by atoms with Crippen molar-refractivity contribution in [1.29, 1.82) is 0 Å². The Labute approximate surface area is 246 Å². The number of benzene rings is 3. The van der Waals surface area contributed by atoms with Crippen LogP contribution in [0.2, 0.25) is 0 Å². The molecule has 0 saturated heterocycles. The molecule has 0 bridgehead atoms. The Morgan fingerprint density at radius 2 is 1.30 bits per heavy atom. The molecule has 0 aliphatic rings. The number of sulfonamides is 2. The average Bonchev–Trinajstić information content (AvgIpc) is 3.47. The summed E-state index contributed by atoms with van der Waals surface area (Å²) < 4.78 is 61.5. The summed E-state index contributed by atoms with van der Waals surface area (Å²) in [5.41, 5.74) is 1.08. The lowest BCUT2D eigenvalue weighted by Gasteiger charge is -2.27. The van der Waals surface area contributed by atoms with E-state index in [0.29, 0.717) is 8.61 Å². The zero-order valence-corrected chi connectivity index (χ0v) is 24.4. The van der Waals surface area contributed by atoms with Crippen LogP contribution in [0.3, 0.4) is 0 Å². The molecule has 1 heterocycles. The number of carboxylic acids is 2. The predicted octanol–water partition coefficient (Wildman–Crippen LogP) is 1.96. The van der Waals surface area contributed by atoms with E-state index in [0.717, 1.165) is 29.3 Å². The Balaban J connectivity index is 1.88. The van der Waals surface area contributed by atoms with Gasteiger partial charge in [-0.15, -0.1) is 10.2 Å². The molecule has 4 aromatic rings. The standard InChI is InChI=1S/C26H26N6O9S2/c1-17-3-8-20(9-4-17)42(37,38)31(14-25(33)34)19-7-12-22(23(13-19)41-16-24-27-29-30-28-24)32(15-26(35)36)43(39,40)21-10-5-18(2)6-11-21/h3-13H,14-16H2,1-2H3,(H,33,34)(H,35,36)(H,27,28,29,30). The Morgan fingerprint density at radius 1 is 0.791 bits per heavy atom. The highest BCUT2D eigenvalue weighted by Crippen LogP contribution is 2.38. The largest absolute Gasteiger partial charge is 0.483 e. The Hall–Kier alpha value is -5.03. The maximum absolute atomic E-state index is 13.7. The molecule has 226 valence electrons. The highest BCUT2D eigenvalue weighted by Gasteiger charge is 2.32. The molecule has 3 aromatic carbocycles. The fraction of sp³-hybridized carbons (Fsp3) is 0.192. The first-order valence-corrected chi connectivity index (χ1v) is 15.3. The second kappa shape index (κ2) is 12.5. The van der Waals surface area contributed by atoms with Gasteiger partial charge in [0.25, 0.3) is 20.0 Å². The molecular weight excluding hydrogens is 604 g/mol. The second-order valence-corrected chi connectivity index (χ2v) is 12.9. The Morgan fingerprint density at radius 3 is 1.79 bits per heavy atom. The first kappa shape index (κ1) is 30.9. The molecule has 1 aromatic heterocycles. The van der Waals surface area contributed by atoms with Crippen molar-refractivity contribution in [1.82, 2.24) is 20.6 Å². The zero-order valence-electron chi connectivity index (χ0n) is 22.8. The van der Waals surface area contributed by atoms with E-state index >= 15 is 0 Å². The average molecular weight is 631 g/mol. The number of hydrogen-bond acceptors (Lipinski definition) is 10. The lowest BCUT2D eigenvalue weighted by atomic mass is 10.2. The molecule has 0 amide bonds. The van der Waals surface area contributed by atoms with Crippen LogP contribution in [0.25, 0.3) is 0 Å². The van der Waals surface area contributed by atoms with Gasteiger partial charge in [-0.1, -0.05) is 40.6 Å². The molecule has 15 nitrogen and oxygen atoms in total. The fourth-order valence-electron chi connectivity index (χ4n) is 3.90. The monoisotopic (exact) mass is 630 g/mol.